The van der Waals surface area contributed by atoms with Gasteiger partial charge in [-0.3, -0.25) is 4.90 Å². The molecular formula is C15H28N2O3. The van der Waals surface area contributed by atoms with Gasteiger partial charge in [0.2, 0.25) is 0 Å². The molecule has 0 aromatic carbocycles. The topological polar surface area (TPSA) is 42.0 Å². The largest absolute Gasteiger partial charge is 0.444 e. The molecule has 0 radical (unpaired) electrons. The minimum Gasteiger partial charge on any atom is -0.444 e. The molecule has 1 unspecified atom stereocenters. The van der Waals surface area contributed by atoms with E-state index in [1.165, 1.54) is 0 Å². The molecule has 116 valence electrons. The molecule has 5 heteroatoms. The molecule has 0 spiro atoms. The fraction of sp³-hybridized carbons (Fsp3) is 0.933. The van der Waals surface area contributed by atoms with Gasteiger partial charge in [-0.15, -0.1) is 0 Å². The molecule has 5 nitrogen and oxygen atoms in total. The molecule has 2 saturated heterocycles. The van der Waals surface area contributed by atoms with E-state index in [4.69, 9.17) is 9.47 Å². The molecule has 0 saturated carbocycles. The second-order valence-corrected chi connectivity index (χ2v) is 6.84. The van der Waals surface area contributed by atoms with Crippen LogP contribution in [0.5, 0.6) is 0 Å². The predicted molar refractivity (Wildman–Crippen MR) is 77.8 cm³/mol. The van der Waals surface area contributed by atoms with Crippen LogP contribution in [0.4, 0.5) is 4.79 Å². The molecule has 2 aliphatic rings. The second-order valence-electron chi connectivity index (χ2n) is 6.84. The number of nitrogens with zero attached hydrogens (tertiary/aromatic N) is 2. The molecule has 2 heterocycles. The summed E-state index contributed by atoms with van der Waals surface area (Å²) in [5, 5.41) is 0. The van der Waals surface area contributed by atoms with Crippen molar-refractivity contribution in [2.24, 2.45) is 0 Å². The number of hydrogen-bond donors (Lipinski definition) is 0. The number of piperidine rings is 1. The Kier molecular flexibility index (Phi) is 4.91. The number of carbonyl (C=O) groups excluding carboxylic acids is 1. The predicted octanol–water partition coefficient (Wildman–Crippen LogP) is 2.11. The summed E-state index contributed by atoms with van der Waals surface area (Å²) in [7, 11) is 1.79. The fourth-order valence-electron chi connectivity index (χ4n) is 3.01. The number of carbonyl (C=O) groups is 1. The number of methoxy groups -OCH3 is 1. The van der Waals surface area contributed by atoms with Gasteiger partial charge in [0.05, 0.1) is 6.10 Å². The van der Waals surface area contributed by atoms with Crippen LogP contribution >= 0.6 is 0 Å². The van der Waals surface area contributed by atoms with Gasteiger partial charge < -0.3 is 14.4 Å². The number of hydrogen-bond acceptors (Lipinski definition) is 4. The SMILES string of the molecule is COC1CCN(C2CCN(C(=O)OC(C)(C)C)C2)CC1. The lowest BCUT2D eigenvalue weighted by Crippen LogP contribution is -2.45. The van der Waals surface area contributed by atoms with Crippen LogP contribution in [0.15, 0.2) is 0 Å². The third-order valence-electron chi connectivity index (χ3n) is 4.14. The van der Waals surface area contributed by atoms with Gasteiger partial charge in [-0.1, -0.05) is 0 Å². The molecule has 0 N–H and O–H groups in total. The molecule has 0 aromatic heterocycles. The van der Waals surface area contributed by atoms with Gasteiger partial charge >= 0.3 is 6.09 Å². The molecule has 0 aromatic rings. The number of rotatable bonds is 2. The molecule has 1 amide bonds. The van der Waals surface area contributed by atoms with E-state index in [0.717, 1.165) is 45.4 Å². The number of likely N-dealkylation sites (tertiary alicyclic amines) is 2. The Labute approximate surface area is 122 Å². The molecule has 0 aliphatic carbocycles. The van der Waals surface area contributed by atoms with Crippen LogP contribution in [0.1, 0.15) is 40.0 Å². The minimum absolute atomic E-state index is 0.174. The molecule has 20 heavy (non-hydrogen) atoms. The van der Waals surface area contributed by atoms with Crippen LogP contribution in [0, 0.1) is 0 Å². The minimum atomic E-state index is -0.411. The van der Waals surface area contributed by atoms with Crippen molar-refractivity contribution in [1.29, 1.82) is 0 Å². The average molecular weight is 284 g/mol. The second kappa shape index (κ2) is 6.31. The molecule has 2 rings (SSSR count). The monoisotopic (exact) mass is 284 g/mol. The Balaban J connectivity index is 1.79. The smallest absolute Gasteiger partial charge is 0.410 e. The van der Waals surface area contributed by atoms with Crippen molar-refractivity contribution < 1.29 is 14.3 Å². The van der Waals surface area contributed by atoms with Gasteiger partial charge in [-0.05, 0) is 40.0 Å². The molecule has 1 atom stereocenters. The maximum atomic E-state index is 12.1. The lowest BCUT2D eigenvalue weighted by molar-refractivity contribution is 0.0199. The van der Waals surface area contributed by atoms with E-state index in [2.05, 4.69) is 4.90 Å². The van der Waals surface area contributed by atoms with Crippen molar-refractivity contribution in [3.63, 3.8) is 0 Å². The number of amides is 1. The van der Waals surface area contributed by atoms with E-state index in [1.54, 1.807) is 7.11 Å². The summed E-state index contributed by atoms with van der Waals surface area (Å²) in [6, 6.07) is 0.486. The van der Waals surface area contributed by atoms with Gasteiger partial charge in [0.15, 0.2) is 0 Å². The van der Waals surface area contributed by atoms with E-state index in [1.807, 2.05) is 25.7 Å². The van der Waals surface area contributed by atoms with Crippen molar-refractivity contribution >= 4 is 6.09 Å². The first-order chi connectivity index (χ1) is 9.39. The van der Waals surface area contributed by atoms with E-state index in [9.17, 15) is 4.79 Å². The quantitative estimate of drug-likeness (QED) is 0.779. The zero-order valence-electron chi connectivity index (χ0n) is 13.2. The first-order valence-electron chi connectivity index (χ1n) is 7.64. The van der Waals surface area contributed by atoms with E-state index in [-0.39, 0.29) is 6.09 Å². The van der Waals surface area contributed by atoms with Crippen molar-refractivity contribution in [2.45, 2.75) is 57.8 Å². The van der Waals surface area contributed by atoms with E-state index in [0.29, 0.717) is 12.1 Å². The van der Waals surface area contributed by atoms with Gasteiger partial charge in [0, 0.05) is 39.3 Å². The summed E-state index contributed by atoms with van der Waals surface area (Å²) >= 11 is 0. The lowest BCUT2D eigenvalue weighted by atomic mass is 10.1. The number of ether oxygens (including phenoxy) is 2. The maximum absolute atomic E-state index is 12.1. The lowest BCUT2D eigenvalue weighted by Gasteiger charge is -2.35. The Bertz CT molecular complexity index is 333. The molecule has 2 aliphatic heterocycles. The Morgan fingerprint density at radius 3 is 2.30 bits per heavy atom. The van der Waals surface area contributed by atoms with Crippen LogP contribution < -0.4 is 0 Å². The highest BCUT2D eigenvalue weighted by molar-refractivity contribution is 5.68. The van der Waals surface area contributed by atoms with Gasteiger partial charge in [0.1, 0.15) is 5.60 Å². The van der Waals surface area contributed by atoms with E-state index >= 15 is 0 Å². The Morgan fingerprint density at radius 2 is 1.75 bits per heavy atom. The van der Waals surface area contributed by atoms with Crippen molar-refractivity contribution in [2.75, 3.05) is 33.3 Å². The fourth-order valence-corrected chi connectivity index (χ4v) is 3.01. The zero-order chi connectivity index (χ0) is 14.8. The van der Waals surface area contributed by atoms with Crippen LogP contribution in [-0.2, 0) is 9.47 Å². The van der Waals surface area contributed by atoms with E-state index < -0.39 is 5.60 Å². The van der Waals surface area contributed by atoms with Crippen molar-refractivity contribution in [3.8, 4) is 0 Å². The van der Waals surface area contributed by atoms with Crippen molar-refractivity contribution in [3.05, 3.63) is 0 Å². The highest BCUT2D eigenvalue weighted by Crippen LogP contribution is 2.22. The highest BCUT2D eigenvalue weighted by Gasteiger charge is 2.34. The summed E-state index contributed by atoms with van der Waals surface area (Å²) in [5.41, 5.74) is -0.411. The summed E-state index contributed by atoms with van der Waals surface area (Å²) in [4.78, 5) is 16.4. The van der Waals surface area contributed by atoms with Gasteiger partial charge in [-0.25, -0.2) is 4.79 Å². The first kappa shape index (κ1) is 15.6. The highest BCUT2D eigenvalue weighted by atomic mass is 16.6. The molecular weight excluding hydrogens is 256 g/mol. The molecule has 2 fully saturated rings. The van der Waals surface area contributed by atoms with Crippen LogP contribution in [-0.4, -0.2) is 66.9 Å². The summed E-state index contributed by atoms with van der Waals surface area (Å²) in [6.45, 7) is 9.49. The van der Waals surface area contributed by atoms with Gasteiger partial charge in [0.25, 0.3) is 0 Å². The third-order valence-corrected chi connectivity index (χ3v) is 4.14. The molecule has 0 bridgehead atoms. The summed E-state index contributed by atoms with van der Waals surface area (Å²) in [6.07, 6.45) is 3.48. The normalized spacial score (nSPS) is 26.0. The summed E-state index contributed by atoms with van der Waals surface area (Å²) in [5.74, 6) is 0. The maximum Gasteiger partial charge on any atom is 0.410 e. The van der Waals surface area contributed by atoms with Crippen molar-refractivity contribution in [1.82, 2.24) is 9.80 Å². The third kappa shape index (κ3) is 4.09. The first-order valence-corrected chi connectivity index (χ1v) is 7.64. The Morgan fingerprint density at radius 1 is 1.10 bits per heavy atom. The Hall–Kier alpha value is -0.810. The zero-order valence-corrected chi connectivity index (χ0v) is 13.2. The van der Waals surface area contributed by atoms with Crippen LogP contribution in [0.2, 0.25) is 0 Å². The standard InChI is InChI=1S/C15H28N2O3/c1-15(2,3)20-14(18)17-8-5-12(11-17)16-9-6-13(19-4)7-10-16/h12-13H,5-11H2,1-4H3. The van der Waals surface area contributed by atoms with Crippen LogP contribution in [0.25, 0.3) is 0 Å². The van der Waals surface area contributed by atoms with Gasteiger partial charge in [-0.2, -0.15) is 0 Å². The average Bonchev–Trinajstić information content (AvgIpc) is 2.86. The van der Waals surface area contributed by atoms with Crippen LogP contribution in [0.3, 0.4) is 0 Å². The summed E-state index contributed by atoms with van der Waals surface area (Å²) < 4.78 is 10.8.